The molecule has 0 radical (unpaired) electrons. The maximum absolute atomic E-state index is 12.0. The van der Waals surface area contributed by atoms with Crippen LogP contribution in [0.15, 0.2) is 76.3 Å². The lowest BCUT2D eigenvalue weighted by Crippen LogP contribution is -2.15. The zero-order valence-electron chi connectivity index (χ0n) is 14.6. The first kappa shape index (κ1) is 18.1. The van der Waals surface area contributed by atoms with Crippen molar-refractivity contribution in [1.82, 2.24) is 0 Å². The largest absolute Gasteiger partial charge is 0.497 e. The van der Waals surface area contributed by atoms with Crippen molar-refractivity contribution in [2.24, 2.45) is 10.9 Å². The summed E-state index contributed by atoms with van der Waals surface area (Å²) in [6.07, 6.45) is 0. The van der Waals surface area contributed by atoms with Crippen LogP contribution >= 0.6 is 0 Å². The molecular weight excluding hydrogens is 348 g/mol. The van der Waals surface area contributed by atoms with Crippen LogP contribution in [0.1, 0.15) is 21.9 Å². The van der Waals surface area contributed by atoms with Crippen LogP contribution in [0.5, 0.6) is 11.5 Å². The summed E-state index contributed by atoms with van der Waals surface area (Å²) < 4.78 is 16.2. The number of rotatable bonds is 7. The van der Waals surface area contributed by atoms with Gasteiger partial charge in [0.2, 0.25) is 5.76 Å². The van der Waals surface area contributed by atoms with Crippen LogP contribution in [0.2, 0.25) is 0 Å². The number of ether oxygens (including phenoxy) is 2. The number of furan rings is 1. The van der Waals surface area contributed by atoms with Gasteiger partial charge in [-0.1, -0.05) is 41.6 Å². The highest BCUT2D eigenvalue weighted by Crippen LogP contribution is 2.20. The van der Waals surface area contributed by atoms with Gasteiger partial charge in [-0.15, -0.1) is 0 Å². The molecule has 138 valence electrons. The van der Waals surface area contributed by atoms with Crippen molar-refractivity contribution in [2.75, 3.05) is 7.11 Å². The van der Waals surface area contributed by atoms with Crippen molar-refractivity contribution in [3.8, 4) is 11.5 Å². The Morgan fingerprint density at radius 2 is 1.81 bits per heavy atom. The van der Waals surface area contributed by atoms with E-state index in [1.54, 1.807) is 49.6 Å². The van der Waals surface area contributed by atoms with Crippen LogP contribution in [0, 0.1) is 0 Å². The summed E-state index contributed by atoms with van der Waals surface area (Å²) >= 11 is 0. The Labute approximate surface area is 155 Å². The van der Waals surface area contributed by atoms with Gasteiger partial charge in [0.05, 0.1) is 7.11 Å². The normalized spacial score (nSPS) is 11.1. The van der Waals surface area contributed by atoms with Gasteiger partial charge in [0.1, 0.15) is 23.9 Å². The monoisotopic (exact) mass is 366 g/mol. The number of nitrogens with zero attached hydrogens (tertiary/aromatic N) is 1. The van der Waals surface area contributed by atoms with E-state index in [2.05, 4.69) is 5.16 Å². The van der Waals surface area contributed by atoms with Crippen molar-refractivity contribution in [3.63, 3.8) is 0 Å². The number of oxime groups is 1. The van der Waals surface area contributed by atoms with E-state index in [4.69, 9.17) is 24.5 Å². The first-order valence-corrected chi connectivity index (χ1v) is 8.11. The third-order valence-electron chi connectivity index (χ3n) is 3.58. The maximum Gasteiger partial charge on any atom is 0.400 e. The van der Waals surface area contributed by atoms with Crippen LogP contribution in [0.3, 0.4) is 0 Å². The van der Waals surface area contributed by atoms with Crippen LogP contribution in [0.4, 0.5) is 0 Å². The minimum absolute atomic E-state index is 0.00357. The van der Waals surface area contributed by atoms with E-state index in [-0.39, 0.29) is 18.2 Å². The minimum Gasteiger partial charge on any atom is -0.497 e. The fourth-order valence-corrected chi connectivity index (χ4v) is 2.21. The molecule has 0 unspecified atom stereocenters. The molecule has 0 aliphatic rings. The Bertz CT molecular complexity index is 934. The lowest BCUT2D eigenvalue weighted by Gasteiger charge is -2.05. The molecule has 1 aromatic heterocycles. The molecule has 7 nitrogen and oxygen atoms in total. The van der Waals surface area contributed by atoms with Crippen molar-refractivity contribution in [2.45, 2.75) is 6.61 Å². The SMILES string of the molecule is COc1cccc(OCc2ccc(C(=O)O/N=C(\N)c3ccccc3)o2)c1. The Balaban J connectivity index is 1.57. The lowest BCUT2D eigenvalue weighted by molar-refractivity contribution is 0.0475. The van der Waals surface area contributed by atoms with E-state index >= 15 is 0 Å². The van der Waals surface area contributed by atoms with E-state index in [1.807, 2.05) is 18.2 Å². The highest BCUT2D eigenvalue weighted by atomic mass is 16.7. The molecule has 3 rings (SSSR count). The molecule has 0 aliphatic heterocycles. The number of carbonyl (C=O) groups excluding carboxylic acids is 1. The van der Waals surface area contributed by atoms with Crippen LogP contribution in [-0.2, 0) is 11.4 Å². The quantitative estimate of drug-likeness (QED) is 0.298. The summed E-state index contributed by atoms with van der Waals surface area (Å²) in [7, 11) is 1.58. The summed E-state index contributed by atoms with van der Waals surface area (Å²) in [5.74, 6) is 1.12. The van der Waals surface area contributed by atoms with Crippen molar-refractivity contribution in [3.05, 3.63) is 83.8 Å². The molecule has 0 spiro atoms. The van der Waals surface area contributed by atoms with Gasteiger partial charge in [-0.05, 0) is 24.3 Å². The van der Waals surface area contributed by atoms with Gasteiger partial charge in [-0.3, -0.25) is 0 Å². The molecular formula is C20H18N2O5. The zero-order valence-corrected chi connectivity index (χ0v) is 14.6. The summed E-state index contributed by atoms with van der Waals surface area (Å²) in [6, 6.07) is 19.3. The summed E-state index contributed by atoms with van der Waals surface area (Å²) in [4.78, 5) is 16.8. The molecule has 0 saturated carbocycles. The molecule has 0 atom stereocenters. The summed E-state index contributed by atoms with van der Waals surface area (Å²) in [5.41, 5.74) is 6.42. The number of hydrogen-bond acceptors (Lipinski definition) is 6. The Morgan fingerprint density at radius 3 is 2.59 bits per heavy atom. The topological polar surface area (TPSA) is 96.3 Å². The van der Waals surface area contributed by atoms with E-state index < -0.39 is 5.97 Å². The minimum atomic E-state index is -0.749. The van der Waals surface area contributed by atoms with Crippen molar-refractivity contribution < 1.29 is 23.5 Å². The molecule has 0 saturated heterocycles. The van der Waals surface area contributed by atoms with Crippen LogP contribution in [0.25, 0.3) is 0 Å². The molecule has 2 aromatic carbocycles. The molecule has 3 aromatic rings. The Morgan fingerprint density at radius 1 is 1.04 bits per heavy atom. The molecule has 0 amide bonds. The smallest absolute Gasteiger partial charge is 0.400 e. The Hall–Kier alpha value is -3.74. The first-order chi connectivity index (χ1) is 13.2. The average Bonchev–Trinajstić information content (AvgIpc) is 3.20. The fraction of sp³-hybridized carbons (Fsp3) is 0.100. The first-order valence-electron chi connectivity index (χ1n) is 8.11. The maximum atomic E-state index is 12.0. The van der Waals surface area contributed by atoms with Gasteiger partial charge in [0, 0.05) is 11.6 Å². The van der Waals surface area contributed by atoms with Gasteiger partial charge >= 0.3 is 5.97 Å². The highest BCUT2D eigenvalue weighted by molar-refractivity contribution is 5.97. The van der Waals surface area contributed by atoms with Gasteiger partial charge in [-0.2, -0.15) is 0 Å². The Kier molecular flexibility index (Phi) is 5.73. The predicted molar refractivity (Wildman–Crippen MR) is 98.6 cm³/mol. The molecule has 1 heterocycles. The second-order valence-corrected chi connectivity index (χ2v) is 5.45. The van der Waals surface area contributed by atoms with Crippen LogP contribution < -0.4 is 15.2 Å². The van der Waals surface area contributed by atoms with Gasteiger partial charge in [0.25, 0.3) is 0 Å². The number of hydrogen-bond donors (Lipinski definition) is 1. The van der Waals surface area contributed by atoms with E-state index in [0.29, 0.717) is 22.8 Å². The zero-order chi connectivity index (χ0) is 19.1. The second kappa shape index (κ2) is 8.57. The molecule has 7 heteroatoms. The summed E-state index contributed by atoms with van der Waals surface area (Å²) in [6.45, 7) is 0.149. The van der Waals surface area contributed by atoms with Crippen LogP contribution in [-0.4, -0.2) is 18.9 Å². The molecule has 27 heavy (non-hydrogen) atoms. The highest BCUT2D eigenvalue weighted by Gasteiger charge is 2.14. The van der Waals surface area contributed by atoms with E-state index in [9.17, 15) is 4.79 Å². The van der Waals surface area contributed by atoms with Crippen molar-refractivity contribution in [1.29, 1.82) is 0 Å². The molecule has 0 aliphatic carbocycles. The second-order valence-electron chi connectivity index (χ2n) is 5.45. The molecule has 0 bridgehead atoms. The van der Waals surface area contributed by atoms with Gasteiger partial charge < -0.3 is 24.5 Å². The van der Waals surface area contributed by atoms with Gasteiger partial charge in [-0.25, -0.2) is 4.79 Å². The fourth-order valence-electron chi connectivity index (χ4n) is 2.21. The third kappa shape index (κ3) is 4.88. The van der Waals surface area contributed by atoms with E-state index in [1.165, 1.54) is 6.07 Å². The van der Waals surface area contributed by atoms with Crippen molar-refractivity contribution >= 4 is 11.8 Å². The average molecular weight is 366 g/mol. The predicted octanol–water partition coefficient (Wildman–Crippen LogP) is 3.34. The number of methoxy groups -OCH3 is 1. The standard InChI is InChI=1S/C20H18N2O5/c1-24-15-8-5-9-16(12-15)25-13-17-10-11-18(26-17)20(23)27-22-19(21)14-6-3-2-4-7-14/h2-12H,13H2,1H3,(H2,21,22). The molecule has 0 fully saturated rings. The van der Waals surface area contributed by atoms with Gasteiger partial charge in [0.15, 0.2) is 5.84 Å². The number of amidine groups is 1. The summed E-state index contributed by atoms with van der Waals surface area (Å²) in [5, 5.41) is 3.63. The lowest BCUT2D eigenvalue weighted by atomic mass is 10.2. The number of carbonyl (C=O) groups is 1. The third-order valence-corrected chi connectivity index (χ3v) is 3.58. The number of nitrogens with two attached hydrogens (primary N) is 1. The molecule has 2 N–H and O–H groups in total. The van der Waals surface area contributed by atoms with E-state index in [0.717, 1.165) is 0 Å². The number of benzene rings is 2.